The number of nitrogens with one attached hydrogen (secondary N) is 2. The van der Waals surface area contributed by atoms with Crippen LogP contribution in [0.4, 0.5) is 17.2 Å². The topological polar surface area (TPSA) is 117 Å². The summed E-state index contributed by atoms with van der Waals surface area (Å²) >= 11 is 0. The Morgan fingerprint density at radius 3 is 2.57 bits per heavy atom. The van der Waals surface area contributed by atoms with Crippen LogP contribution in [0.2, 0.25) is 0 Å². The van der Waals surface area contributed by atoms with Crippen LogP contribution in [0.1, 0.15) is 24.8 Å². The van der Waals surface area contributed by atoms with Gasteiger partial charge in [0.25, 0.3) is 5.69 Å². The Kier molecular flexibility index (Phi) is 7.08. The maximum Gasteiger partial charge on any atom is 0.292 e. The predicted molar refractivity (Wildman–Crippen MR) is 113 cm³/mol. The number of para-hydroxylation sites is 2. The minimum atomic E-state index is -0.516. The molecule has 3 rings (SSSR count). The molecule has 0 saturated carbocycles. The minimum absolute atomic E-state index is 0.0277. The van der Waals surface area contributed by atoms with Crippen LogP contribution in [0.3, 0.4) is 0 Å². The molecular formula is C21H25N5O4. The molecule has 1 saturated heterocycles. The highest BCUT2D eigenvalue weighted by molar-refractivity contribution is 5.93. The van der Waals surface area contributed by atoms with Crippen LogP contribution in [0.5, 0.6) is 0 Å². The van der Waals surface area contributed by atoms with Crippen molar-refractivity contribution in [2.45, 2.75) is 26.2 Å². The zero-order valence-corrected chi connectivity index (χ0v) is 16.8. The second-order valence-corrected chi connectivity index (χ2v) is 7.40. The molecule has 1 aliphatic rings. The third kappa shape index (κ3) is 5.84. The Labute approximate surface area is 174 Å². The molecule has 1 aromatic heterocycles. The number of carbonyl (C=O) groups excluding carboxylic acids is 2. The first-order valence-electron chi connectivity index (χ1n) is 9.91. The summed E-state index contributed by atoms with van der Waals surface area (Å²) in [5.74, 6) is 0.180. The number of aryl methyl sites for hydroxylation is 1. The fraction of sp³-hybridized carbons (Fsp3) is 0.381. The molecule has 9 nitrogen and oxygen atoms in total. The lowest BCUT2D eigenvalue weighted by molar-refractivity contribution is -0.383. The van der Waals surface area contributed by atoms with Gasteiger partial charge in [0.1, 0.15) is 11.5 Å². The first-order valence-corrected chi connectivity index (χ1v) is 9.91. The number of hydrogen-bond donors (Lipinski definition) is 2. The molecule has 1 aromatic carbocycles. The molecule has 0 radical (unpaired) electrons. The van der Waals surface area contributed by atoms with Gasteiger partial charge in [-0.05, 0) is 50.6 Å². The van der Waals surface area contributed by atoms with Crippen LogP contribution < -0.4 is 10.6 Å². The number of rotatable bonds is 7. The van der Waals surface area contributed by atoms with Gasteiger partial charge in [-0.3, -0.25) is 19.7 Å². The van der Waals surface area contributed by atoms with Crippen molar-refractivity contribution in [2.75, 3.05) is 30.3 Å². The van der Waals surface area contributed by atoms with Crippen LogP contribution in [-0.4, -0.2) is 46.3 Å². The number of carbonyl (C=O) groups is 2. The molecule has 2 amide bonds. The molecule has 0 unspecified atom stereocenters. The van der Waals surface area contributed by atoms with Crippen molar-refractivity contribution in [2.24, 2.45) is 5.92 Å². The molecule has 9 heteroatoms. The molecule has 0 atom stereocenters. The smallest absolute Gasteiger partial charge is 0.292 e. The monoisotopic (exact) mass is 411 g/mol. The SMILES string of the molecule is Cc1ccc(NC(=O)C2CCN(CCC(=O)Nc3ccccc3[N+](=O)[O-])CC2)nc1. The molecule has 1 fully saturated rings. The second kappa shape index (κ2) is 9.93. The lowest BCUT2D eigenvalue weighted by Gasteiger charge is -2.31. The van der Waals surface area contributed by atoms with Gasteiger partial charge in [-0.2, -0.15) is 0 Å². The van der Waals surface area contributed by atoms with E-state index in [9.17, 15) is 19.7 Å². The van der Waals surface area contributed by atoms with Gasteiger partial charge in [0.15, 0.2) is 0 Å². The van der Waals surface area contributed by atoms with E-state index in [1.165, 1.54) is 12.1 Å². The number of likely N-dealkylation sites (tertiary alicyclic amines) is 1. The van der Waals surface area contributed by atoms with E-state index >= 15 is 0 Å². The average molecular weight is 411 g/mol. The van der Waals surface area contributed by atoms with Gasteiger partial charge in [-0.25, -0.2) is 4.98 Å². The summed E-state index contributed by atoms with van der Waals surface area (Å²) in [6.45, 7) is 3.92. The van der Waals surface area contributed by atoms with Crippen LogP contribution in [0, 0.1) is 23.0 Å². The van der Waals surface area contributed by atoms with Crippen molar-refractivity contribution in [3.63, 3.8) is 0 Å². The lowest BCUT2D eigenvalue weighted by Crippen LogP contribution is -2.39. The number of anilines is 2. The normalized spacial score (nSPS) is 14.8. The standard InChI is InChI=1S/C21H25N5O4/c1-15-6-7-19(22-14-15)24-21(28)16-8-11-25(12-9-16)13-10-20(27)23-17-4-2-3-5-18(17)26(29)30/h2-7,14,16H,8-13H2,1H3,(H,23,27)(H,22,24,28). The Morgan fingerprint density at radius 2 is 1.90 bits per heavy atom. The van der Waals surface area contributed by atoms with Gasteiger partial charge >= 0.3 is 0 Å². The number of nitrogens with zero attached hydrogens (tertiary/aromatic N) is 3. The fourth-order valence-corrected chi connectivity index (χ4v) is 3.40. The highest BCUT2D eigenvalue weighted by atomic mass is 16.6. The zero-order valence-electron chi connectivity index (χ0n) is 16.8. The molecule has 1 aliphatic heterocycles. The van der Waals surface area contributed by atoms with Gasteiger partial charge in [0.2, 0.25) is 11.8 Å². The molecule has 2 heterocycles. The Bertz CT molecular complexity index is 908. The van der Waals surface area contributed by atoms with Crippen LogP contribution in [0.15, 0.2) is 42.6 Å². The highest BCUT2D eigenvalue weighted by Gasteiger charge is 2.25. The molecule has 158 valence electrons. The predicted octanol–water partition coefficient (Wildman–Crippen LogP) is 2.98. The number of piperidine rings is 1. The maximum absolute atomic E-state index is 12.4. The summed E-state index contributed by atoms with van der Waals surface area (Å²) < 4.78 is 0. The molecule has 2 aromatic rings. The molecule has 0 spiro atoms. The average Bonchev–Trinajstić information content (AvgIpc) is 2.74. The number of hydrogen-bond acceptors (Lipinski definition) is 6. The van der Waals surface area contributed by atoms with Crippen LogP contribution in [0.25, 0.3) is 0 Å². The number of benzene rings is 1. The summed E-state index contributed by atoms with van der Waals surface area (Å²) in [6, 6.07) is 9.77. The Morgan fingerprint density at radius 1 is 1.17 bits per heavy atom. The number of nitro benzene ring substituents is 1. The largest absolute Gasteiger partial charge is 0.320 e. The van der Waals surface area contributed by atoms with Crippen molar-refractivity contribution in [3.8, 4) is 0 Å². The molecule has 0 bridgehead atoms. The van der Waals surface area contributed by atoms with E-state index in [1.807, 2.05) is 13.0 Å². The zero-order chi connectivity index (χ0) is 21.5. The summed E-state index contributed by atoms with van der Waals surface area (Å²) in [7, 11) is 0. The molecule has 0 aliphatic carbocycles. The van der Waals surface area contributed by atoms with Gasteiger partial charge in [0.05, 0.1) is 4.92 Å². The van der Waals surface area contributed by atoms with Crippen molar-refractivity contribution in [1.82, 2.24) is 9.88 Å². The van der Waals surface area contributed by atoms with E-state index in [4.69, 9.17) is 0 Å². The van der Waals surface area contributed by atoms with Gasteiger partial charge in [0, 0.05) is 31.1 Å². The van der Waals surface area contributed by atoms with Crippen molar-refractivity contribution >= 4 is 29.0 Å². The van der Waals surface area contributed by atoms with Gasteiger partial charge in [-0.1, -0.05) is 18.2 Å². The first kappa shape index (κ1) is 21.4. The molecule has 30 heavy (non-hydrogen) atoms. The Hall–Kier alpha value is -3.33. The summed E-state index contributed by atoms with van der Waals surface area (Å²) in [6.07, 6.45) is 3.37. The van der Waals surface area contributed by atoms with E-state index in [2.05, 4.69) is 20.5 Å². The summed E-state index contributed by atoms with van der Waals surface area (Å²) in [4.78, 5) is 41.5. The van der Waals surface area contributed by atoms with E-state index < -0.39 is 4.92 Å². The van der Waals surface area contributed by atoms with E-state index in [0.29, 0.717) is 25.2 Å². The van der Waals surface area contributed by atoms with Gasteiger partial charge < -0.3 is 15.5 Å². The van der Waals surface area contributed by atoms with Crippen LogP contribution in [-0.2, 0) is 9.59 Å². The molecular weight excluding hydrogens is 386 g/mol. The Balaban J connectivity index is 1.41. The number of aromatic nitrogens is 1. The van der Waals surface area contributed by atoms with E-state index in [1.54, 1.807) is 24.4 Å². The van der Waals surface area contributed by atoms with Gasteiger partial charge in [-0.15, -0.1) is 0 Å². The third-order valence-corrected chi connectivity index (χ3v) is 5.15. The number of pyridine rings is 1. The second-order valence-electron chi connectivity index (χ2n) is 7.40. The fourth-order valence-electron chi connectivity index (χ4n) is 3.40. The van der Waals surface area contributed by atoms with Crippen molar-refractivity contribution < 1.29 is 14.5 Å². The van der Waals surface area contributed by atoms with Crippen molar-refractivity contribution in [1.29, 1.82) is 0 Å². The summed E-state index contributed by atoms with van der Waals surface area (Å²) in [5.41, 5.74) is 1.11. The minimum Gasteiger partial charge on any atom is -0.320 e. The first-order chi connectivity index (χ1) is 14.4. The van der Waals surface area contributed by atoms with Crippen molar-refractivity contribution in [3.05, 3.63) is 58.3 Å². The summed E-state index contributed by atoms with van der Waals surface area (Å²) in [5, 5.41) is 16.5. The van der Waals surface area contributed by atoms with E-state index in [-0.39, 0.29) is 35.5 Å². The highest BCUT2D eigenvalue weighted by Crippen LogP contribution is 2.23. The number of amides is 2. The van der Waals surface area contributed by atoms with E-state index in [0.717, 1.165) is 18.7 Å². The maximum atomic E-state index is 12.4. The lowest BCUT2D eigenvalue weighted by atomic mass is 9.96. The van der Waals surface area contributed by atoms with Crippen LogP contribution >= 0.6 is 0 Å². The molecule has 2 N–H and O–H groups in total. The number of nitro groups is 1. The third-order valence-electron chi connectivity index (χ3n) is 5.15. The quantitative estimate of drug-likeness (QED) is 0.534.